The number of hydrogen-bond acceptors (Lipinski definition) is 3. The molecule has 0 aromatic carbocycles. The van der Waals surface area contributed by atoms with E-state index in [4.69, 9.17) is 14.9 Å². The van der Waals surface area contributed by atoms with Crippen molar-refractivity contribution in [2.45, 2.75) is 12.8 Å². The smallest absolute Gasteiger partial charge is 0.0651 e. The summed E-state index contributed by atoms with van der Waals surface area (Å²) < 4.78 is 5.19. The fourth-order valence-corrected chi connectivity index (χ4v) is 0.725. The molecule has 0 aliphatic carbocycles. The summed E-state index contributed by atoms with van der Waals surface area (Å²) in [4.78, 5) is 0. The molecule has 0 bridgehead atoms. The summed E-state index contributed by atoms with van der Waals surface area (Å²) in [5, 5.41) is 16.9. The van der Waals surface area contributed by atoms with Crippen LogP contribution in [0.2, 0.25) is 0 Å². The Hall–Kier alpha value is -0.640. The highest BCUT2D eigenvalue weighted by molar-refractivity contribution is 4.83. The average Bonchev–Trinajstić information content (AvgIpc) is 2.16. The Kier molecular flexibility index (Phi) is 10.8. The Morgan fingerprint density at radius 1 is 0.769 bits per heavy atom. The van der Waals surface area contributed by atoms with Crippen molar-refractivity contribution in [2.75, 3.05) is 26.4 Å². The Labute approximate surface area is 79.3 Å². The molecule has 0 fully saturated rings. The maximum absolute atomic E-state index is 8.44. The quantitative estimate of drug-likeness (QED) is 0.437. The van der Waals surface area contributed by atoms with Crippen LogP contribution in [0.1, 0.15) is 12.8 Å². The highest BCUT2D eigenvalue weighted by Gasteiger charge is 1.79. The van der Waals surface area contributed by atoms with Gasteiger partial charge in [-0.1, -0.05) is 24.3 Å². The van der Waals surface area contributed by atoms with Gasteiger partial charge < -0.3 is 14.9 Å². The lowest BCUT2D eigenvalue weighted by molar-refractivity contribution is 0.193. The minimum atomic E-state index is 0.187. The summed E-state index contributed by atoms with van der Waals surface area (Å²) in [7, 11) is 0. The van der Waals surface area contributed by atoms with Gasteiger partial charge in [0.15, 0.2) is 0 Å². The number of aliphatic hydroxyl groups excluding tert-OH is 2. The zero-order valence-corrected chi connectivity index (χ0v) is 7.85. The standard InChI is InChI=1S/C10H18O3/c11-7-3-1-5-9-13-10-6-2-4-8-12/h1-2,5-6,11-12H,3-4,7-10H2. The highest BCUT2D eigenvalue weighted by atomic mass is 16.5. The molecule has 0 aliphatic rings. The first-order chi connectivity index (χ1) is 6.41. The maximum atomic E-state index is 8.44. The van der Waals surface area contributed by atoms with Crippen molar-refractivity contribution in [2.24, 2.45) is 0 Å². The van der Waals surface area contributed by atoms with E-state index in [2.05, 4.69) is 0 Å². The topological polar surface area (TPSA) is 49.7 Å². The molecule has 0 aliphatic heterocycles. The fourth-order valence-electron chi connectivity index (χ4n) is 0.725. The van der Waals surface area contributed by atoms with Crippen LogP contribution in [0.25, 0.3) is 0 Å². The summed E-state index contributed by atoms with van der Waals surface area (Å²) >= 11 is 0. The Morgan fingerprint density at radius 3 is 1.62 bits per heavy atom. The maximum Gasteiger partial charge on any atom is 0.0651 e. The van der Waals surface area contributed by atoms with Crippen LogP contribution in [0.4, 0.5) is 0 Å². The van der Waals surface area contributed by atoms with E-state index in [1.165, 1.54) is 0 Å². The van der Waals surface area contributed by atoms with Gasteiger partial charge in [0.25, 0.3) is 0 Å². The summed E-state index contributed by atoms with van der Waals surface area (Å²) in [6.07, 6.45) is 8.91. The third kappa shape index (κ3) is 11.4. The number of aliphatic hydroxyl groups is 2. The Bertz CT molecular complexity index is 125. The molecule has 0 heterocycles. The van der Waals surface area contributed by atoms with Crippen molar-refractivity contribution >= 4 is 0 Å². The molecule has 0 saturated carbocycles. The first-order valence-electron chi connectivity index (χ1n) is 4.51. The van der Waals surface area contributed by atoms with Crippen molar-refractivity contribution in [1.82, 2.24) is 0 Å². The molecule has 76 valence electrons. The van der Waals surface area contributed by atoms with Gasteiger partial charge in [0.1, 0.15) is 0 Å². The van der Waals surface area contributed by atoms with E-state index in [1.54, 1.807) is 0 Å². The second-order valence-electron chi connectivity index (χ2n) is 2.50. The van der Waals surface area contributed by atoms with Gasteiger partial charge in [-0.05, 0) is 12.8 Å². The van der Waals surface area contributed by atoms with Crippen molar-refractivity contribution in [3.05, 3.63) is 24.3 Å². The van der Waals surface area contributed by atoms with Crippen LogP contribution in [0.5, 0.6) is 0 Å². The molecule has 3 nitrogen and oxygen atoms in total. The summed E-state index contributed by atoms with van der Waals surface area (Å²) in [6.45, 7) is 1.52. The van der Waals surface area contributed by atoms with Crippen LogP contribution < -0.4 is 0 Å². The van der Waals surface area contributed by atoms with E-state index in [1.807, 2.05) is 24.3 Å². The lowest BCUT2D eigenvalue weighted by Gasteiger charge is -1.94. The first-order valence-corrected chi connectivity index (χ1v) is 4.51. The molecule has 0 aromatic rings. The zero-order valence-electron chi connectivity index (χ0n) is 7.85. The van der Waals surface area contributed by atoms with Gasteiger partial charge in [-0.2, -0.15) is 0 Å². The third-order valence-electron chi connectivity index (χ3n) is 1.35. The van der Waals surface area contributed by atoms with E-state index in [9.17, 15) is 0 Å². The third-order valence-corrected chi connectivity index (χ3v) is 1.35. The summed E-state index contributed by atoms with van der Waals surface area (Å²) in [6, 6.07) is 0. The van der Waals surface area contributed by atoms with Crippen LogP contribution in [0.15, 0.2) is 24.3 Å². The zero-order chi connectivity index (χ0) is 9.78. The van der Waals surface area contributed by atoms with Crippen LogP contribution >= 0.6 is 0 Å². The predicted molar refractivity (Wildman–Crippen MR) is 52.5 cm³/mol. The molecule has 0 radical (unpaired) electrons. The van der Waals surface area contributed by atoms with E-state index >= 15 is 0 Å². The van der Waals surface area contributed by atoms with Gasteiger partial charge in [0.2, 0.25) is 0 Å². The van der Waals surface area contributed by atoms with Crippen LogP contribution in [0.3, 0.4) is 0 Å². The first kappa shape index (κ1) is 12.4. The molecule has 0 rings (SSSR count). The average molecular weight is 186 g/mol. The minimum absolute atomic E-state index is 0.187. The Morgan fingerprint density at radius 2 is 1.23 bits per heavy atom. The minimum Gasteiger partial charge on any atom is -0.396 e. The van der Waals surface area contributed by atoms with Gasteiger partial charge in [-0.25, -0.2) is 0 Å². The van der Waals surface area contributed by atoms with Gasteiger partial charge in [0.05, 0.1) is 13.2 Å². The lowest BCUT2D eigenvalue weighted by Crippen LogP contribution is -1.90. The van der Waals surface area contributed by atoms with Crippen molar-refractivity contribution in [3.8, 4) is 0 Å². The highest BCUT2D eigenvalue weighted by Crippen LogP contribution is 1.85. The summed E-state index contributed by atoms with van der Waals surface area (Å²) in [5.41, 5.74) is 0. The van der Waals surface area contributed by atoms with E-state index < -0.39 is 0 Å². The summed E-state index contributed by atoms with van der Waals surface area (Å²) in [5.74, 6) is 0. The molecule has 13 heavy (non-hydrogen) atoms. The number of ether oxygens (including phenoxy) is 1. The Balaban J connectivity index is 3.07. The van der Waals surface area contributed by atoms with E-state index in [0.717, 1.165) is 0 Å². The normalized spacial score (nSPS) is 11.8. The molecular weight excluding hydrogens is 168 g/mol. The molecule has 0 atom stereocenters. The second-order valence-corrected chi connectivity index (χ2v) is 2.50. The van der Waals surface area contributed by atoms with Crippen molar-refractivity contribution in [1.29, 1.82) is 0 Å². The number of hydrogen-bond donors (Lipinski definition) is 2. The lowest BCUT2D eigenvalue weighted by atomic mass is 10.4. The van der Waals surface area contributed by atoms with Gasteiger partial charge in [-0.3, -0.25) is 0 Å². The molecule has 2 N–H and O–H groups in total. The van der Waals surface area contributed by atoms with E-state index in [-0.39, 0.29) is 13.2 Å². The molecule has 3 heteroatoms. The molecule has 0 spiro atoms. The van der Waals surface area contributed by atoms with Gasteiger partial charge >= 0.3 is 0 Å². The van der Waals surface area contributed by atoms with Crippen LogP contribution in [-0.2, 0) is 4.74 Å². The number of rotatable bonds is 8. The molecule has 0 saturated heterocycles. The van der Waals surface area contributed by atoms with Crippen molar-refractivity contribution < 1.29 is 14.9 Å². The van der Waals surface area contributed by atoms with Gasteiger partial charge in [-0.15, -0.1) is 0 Å². The van der Waals surface area contributed by atoms with Crippen molar-refractivity contribution in [3.63, 3.8) is 0 Å². The molecular formula is C10H18O3. The fraction of sp³-hybridized carbons (Fsp3) is 0.600. The predicted octanol–water partition coefficient (Wildman–Crippen LogP) is 0.880. The molecule has 0 unspecified atom stereocenters. The van der Waals surface area contributed by atoms with Gasteiger partial charge in [0, 0.05) is 13.2 Å². The van der Waals surface area contributed by atoms with E-state index in [0.29, 0.717) is 26.1 Å². The molecule has 0 amide bonds. The largest absolute Gasteiger partial charge is 0.396 e. The van der Waals surface area contributed by atoms with Crippen LogP contribution in [-0.4, -0.2) is 36.6 Å². The monoisotopic (exact) mass is 186 g/mol. The molecule has 0 aromatic heterocycles. The van der Waals surface area contributed by atoms with Crippen LogP contribution in [0, 0.1) is 0 Å². The SMILES string of the molecule is OCCC=CCOCC=CCCO. The second kappa shape index (κ2) is 11.4.